The Balaban J connectivity index is 1.45. The van der Waals surface area contributed by atoms with E-state index in [1.54, 1.807) is 6.08 Å². The number of hydrogen-bond donors (Lipinski definition) is 1. The van der Waals surface area contributed by atoms with Gasteiger partial charge in [-0.15, -0.1) is 10.2 Å². The van der Waals surface area contributed by atoms with Crippen molar-refractivity contribution < 1.29 is 14.7 Å². The fourth-order valence-electron chi connectivity index (χ4n) is 4.32. The maximum absolute atomic E-state index is 13.4. The summed E-state index contributed by atoms with van der Waals surface area (Å²) in [4.78, 5) is 28.2. The molecule has 0 radical (unpaired) electrons. The topological polar surface area (TPSA) is 83.4 Å². The number of aryl methyl sites for hydroxylation is 2. The van der Waals surface area contributed by atoms with Gasteiger partial charge in [-0.2, -0.15) is 0 Å². The fraction of sp³-hybridized carbons (Fsp3) is 0.161. The van der Waals surface area contributed by atoms with Crippen LogP contribution in [0.1, 0.15) is 40.8 Å². The molecule has 1 amide bonds. The van der Waals surface area contributed by atoms with Gasteiger partial charge in [0.1, 0.15) is 0 Å². The fourth-order valence-corrected chi connectivity index (χ4v) is 6.14. The van der Waals surface area contributed by atoms with Gasteiger partial charge in [-0.25, -0.2) is 0 Å². The third-order valence-electron chi connectivity index (χ3n) is 6.49. The van der Waals surface area contributed by atoms with Crippen LogP contribution in [0.15, 0.2) is 101 Å². The second-order valence-electron chi connectivity index (χ2n) is 9.17. The summed E-state index contributed by atoms with van der Waals surface area (Å²) in [5.74, 6) is -0.952. The molecule has 1 atom stereocenters. The first-order chi connectivity index (χ1) is 18.9. The Bertz CT molecular complexity index is 1540. The van der Waals surface area contributed by atoms with Crippen LogP contribution in [0.25, 0.3) is 6.08 Å². The first kappa shape index (κ1) is 26.6. The molecule has 196 valence electrons. The summed E-state index contributed by atoms with van der Waals surface area (Å²) in [6, 6.07) is 24.6. The number of nitrogens with zero attached hydrogens (tertiary/aromatic N) is 3. The van der Waals surface area contributed by atoms with Crippen molar-refractivity contribution in [2.24, 2.45) is 0 Å². The van der Waals surface area contributed by atoms with Crippen LogP contribution in [-0.2, 0) is 21.8 Å². The van der Waals surface area contributed by atoms with Gasteiger partial charge in [0, 0.05) is 5.75 Å². The van der Waals surface area contributed by atoms with E-state index in [1.807, 2.05) is 61.5 Å². The Kier molecular flexibility index (Phi) is 8.05. The number of carbonyl (C=O) groups is 2. The highest BCUT2D eigenvalue weighted by molar-refractivity contribution is 8.00. The number of aliphatic hydroxyl groups is 1. The minimum Gasteiger partial charge on any atom is -0.503 e. The maximum atomic E-state index is 13.4. The highest BCUT2D eigenvalue weighted by Crippen LogP contribution is 2.43. The summed E-state index contributed by atoms with van der Waals surface area (Å²) in [6.07, 6.45) is 3.93. The van der Waals surface area contributed by atoms with E-state index in [1.165, 1.54) is 39.6 Å². The van der Waals surface area contributed by atoms with Gasteiger partial charge < -0.3 is 5.11 Å². The highest BCUT2D eigenvalue weighted by Gasteiger charge is 2.45. The Morgan fingerprint density at radius 1 is 1.00 bits per heavy atom. The van der Waals surface area contributed by atoms with Crippen LogP contribution >= 0.6 is 23.1 Å². The predicted octanol–water partition coefficient (Wildman–Crippen LogP) is 6.88. The zero-order valence-electron chi connectivity index (χ0n) is 21.6. The summed E-state index contributed by atoms with van der Waals surface area (Å²) < 4.78 is 0.696. The molecule has 39 heavy (non-hydrogen) atoms. The molecular weight excluding hydrogens is 526 g/mol. The predicted molar refractivity (Wildman–Crippen MR) is 157 cm³/mol. The molecule has 0 spiro atoms. The first-order valence-corrected chi connectivity index (χ1v) is 14.4. The molecule has 0 fully saturated rings. The zero-order chi connectivity index (χ0) is 27.4. The standard InChI is InChI=1S/C31H27N3O3S2/c1-3-21-13-16-24(17-14-21)27-26(25(35)18-15-22-7-5-4-6-8-22)28(36)29(37)34(27)30-32-33-31(39-30)38-19-23-11-9-20(2)10-12-23/h4-18,27,36H,3,19H2,1-2H3. The van der Waals surface area contributed by atoms with Crippen molar-refractivity contribution in [2.45, 2.75) is 36.4 Å². The van der Waals surface area contributed by atoms with E-state index in [9.17, 15) is 14.7 Å². The molecule has 8 heteroatoms. The van der Waals surface area contributed by atoms with Gasteiger partial charge in [0.25, 0.3) is 5.91 Å². The number of carbonyl (C=O) groups excluding carboxylic acids is 2. The Morgan fingerprint density at radius 3 is 2.38 bits per heavy atom. The van der Waals surface area contributed by atoms with E-state index < -0.39 is 23.5 Å². The lowest BCUT2D eigenvalue weighted by Crippen LogP contribution is -2.30. The summed E-state index contributed by atoms with van der Waals surface area (Å²) in [7, 11) is 0. The molecule has 0 saturated carbocycles. The van der Waals surface area contributed by atoms with Crippen molar-refractivity contribution in [3.63, 3.8) is 0 Å². The summed E-state index contributed by atoms with van der Waals surface area (Å²) in [5, 5.41) is 19.9. The molecule has 0 aliphatic carbocycles. The van der Waals surface area contributed by atoms with Crippen LogP contribution in [0.2, 0.25) is 0 Å². The molecule has 5 rings (SSSR count). The molecule has 1 aromatic heterocycles. The number of thioether (sulfide) groups is 1. The number of anilines is 1. The number of ketones is 1. The number of amides is 1. The molecule has 1 N–H and O–H groups in total. The molecule has 2 heterocycles. The molecule has 6 nitrogen and oxygen atoms in total. The van der Waals surface area contributed by atoms with Crippen LogP contribution in [0.4, 0.5) is 5.13 Å². The highest BCUT2D eigenvalue weighted by atomic mass is 32.2. The molecule has 3 aromatic carbocycles. The van der Waals surface area contributed by atoms with Crippen molar-refractivity contribution in [1.82, 2.24) is 10.2 Å². The Hall–Kier alpha value is -4.01. The van der Waals surface area contributed by atoms with Gasteiger partial charge >= 0.3 is 0 Å². The van der Waals surface area contributed by atoms with Crippen LogP contribution in [-0.4, -0.2) is 27.0 Å². The number of aromatic nitrogens is 2. The van der Waals surface area contributed by atoms with Crippen molar-refractivity contribution in [2.75, 3.05) is 4.90 Å². The van der Waals surface area contributed by atoms with Gasteiger partial charge in [-0.1, -0.05) is 121 Å². The van der Waals surface area contributed by atoms with Crippen molar-refractivity contribution in [1.29, 1.82) is 0 Å². The van der Waals surface area contributed by atoms with Gasteiger partial charge in [0.2, 0.25) is 5.13 Å². The molecule has 1 aliphatic rings. The van der Waals surface area contributed by atoms with E-state index in [-0.39, 0.29) is 5.57 Å². The Labute approximate surface area is 235 Å². The normalized spacial score (nSPS) is 15.5. The van der Waals surface area contributed by atoms with Crippen LogP contribution in [0, 0.1) is 6.92 Å². The second kappa shape index (κ2) is 11.8. The minimum atomic E-state index is -0.820. The number of aliphatic hydroxyl groups excluding tert-OH is 1. The molecule has 0 bridgehead atoms. The summed E-state index contributed by atoms with van der Waals surface area (Å²) in [6.45, 7) is 4.11. The van der Waals surface area contributed by atoms with E-state index >= 15 is 0 Å². The number of rotatable bonds is 9. The largest absolute Gasteiger partial charge is 0.503 e. The molecule has 4 aromatic rings. The lowest BCUT2D eigenvalue weighted by molar-refractivity contribution is -0.117. The van der Waals surface area contributed by atoms with E-state index in [0.29, 0.717) is 20.8 Å². The molecular formula is C31H27N3O3S2. The number of allylic oxidation sites excluding steroid dienone is 1. The van der Waals surface area contributed by atoms with Crippen LogP contribution in [0.5, 0.6) is 0 Å². The smallest absolute Gasteiger partial charge is 0.296 e. The third kappa shape index (κ3) is 5.87. The van der Waals surface area contributed by atoms with Gasteiger partial charge in [-0.3, -0.25) is 14.5 Å². The third-order valence-corrected chi connectivity index (χ3v) is 8.62. The van der Waals surface area contributed by atoms with Crippen LogP contribution in [0.3, 0.4) is 0 Å². The number of hydrogen-bond acceptors (Lipinski definition) is 7. The van der Waals surface area contributed by atoms with E-state index in [0.717, 1.165) is 23.1 Å². The molecule has 1 aliphatic heterocycles. The zero-order valence-corrected chi connectivity index (χ0v) is 23.2. The first-order valence-electron chi connectivity index (χ1n) is 12.6. The SMILES string of the molecule is CCc1ccc(C2C(C(=O)C=Cc3ccccc3)=C(O)C(=O)N2c2nnc(SCc3ccc(C)cc3)s2)cc1. The lowest BCUT2D eigenvalue weighted by Gasteiger charge is -2.24. The monoisotopic (exact) mass is 553 g/mol. The van der Waals surface area contributed by atoms with Gasteiger partial charge in [0.05, 0.1) is 11.6 Å². The van der Waals surface area contributed by atoms with Crippen molar-refractivity contribution in [3.8, 4) is 0 Å². The summed E-state index contributed by atoms with van der Waals surface area (Å²) in [5.41, 5.74) is 5.07. The van der Waals surface area contributed by atoms with E-state index in [2.05, 4.69) is 41.4 Å². The average Bonchev–Trinajstić information content (AvgIpc) is 3.54. The van der Waals surface area contributed by atoms with Gasteiger partial charge in [0.15, 0.2) is 15.9 Å². The Morgan fingerprint density at radius 2 is 1.69 bits per heavy atom. The summed E-state index contributed by atoms with van der Waals surface area (Å²) >= 11 is 2.80. The van der Waals surface area contributed by atoms with Crippen molar-refractivity contribution >= 4 is 46.0 Å². The molecule has 1 unspecified atom stereocenters. The maximum Gasteiger partial charge on any atom is 0.296 e. The quantitative estimate of drug-likeness (QED) is 0.138. The molecule has 0 saturated heterocycles. The number of benzene rings is 3. The average molecular weight is 554 g/mol. The van der Waals surface area contributed by atoms with Gasteiger partial charge in [-0.05, 0) is 41.7 Å². The minimum absolute atomic E-state index is 0.0282. The van der Waals surface area contributed by atoms with Crippen LogP contribution < -0.4 is 4.90 Å². The van der Waals surface area contributed by atoms with Crippen molar-refractivity contribution in [3.05, 3.63) is 124 Å². The lowest BCUT2D eigenvalue weighted by atomic mass is 9.95. The second-order valence-corrected chi connectivity index (χ2v) is 11.3. The van der Waals surface area contributed by atoms with E-state index in [4.69, 9.17) is 0 Å².